The standard InChI is InChI=1S/C27H35N5OS/c1-5-20-10-9-11-21(6-2)24(20)28-27(34)30-29-25-22-12-7-8-13-23(22)32(26(25)33)17-31-15-18(3)14-19(4)16-31/h7-13,18-19,33H,5-6,14-17H2,1-4H3,(H,28,34)/t18-,19-/m0/s1. The maximum Gasteiger partial charge on any atom is 0.221 e. The fourth-order valence-corrected chi connectivity index (χ4v) is 5.39. The number of hydrogen-bond donors (Lipinski definition) is 2. The molecule has 1 aromatic heterocycles. The summed E-state index contributed by atoms with van der Waals surface area (Å²) >= 11 is 5.51. The fraction of sp³-hybridized carbons (Fsp3) is 0.444. The monoisotopic (exact) mass is 477 g/mol. The van der Waals surface area contributed by atoms with Gasteiger partial charge in [0.25, 0.3) is 0 Å². The van der Waals surface area contributed by atoms with Crippen molar-refractivity contribution in [2.24, 2.45) is 22.1 Å². The Bertz CT molecular complexity index is 1170. The van der Waals surface area contributed by atoms with Gasteiger partial charge in [-0.2, -0.15) is 0 Å². The summed E-state index contributed by atoms with van der Waals surface area (Å²) in [7, 11) is 0. The Morgan fingerprint density at radius 2 is 1.68 bits per heavy atom. The second kappa shape index (κ2) is 10.7. The van der Waals surface area contributed by atoms with Crippen molar-refractivity contribution in [1.29, 1.82) is 0 Å². The molecule has 0 bridgehead atoms. The third kappa shape index (κ3) is 5.15. The van der Waals surface area contributed by atoms with Crippen LogP contribution in [-0.2, 0) is 19.5 Å². The van der Waals surface area contributed by atoms with Gasteiger partial charge in [0.2, 0.25) is 11.0 Å². The van der Waals surface area contributed by atoms with E-state index < -0.39 is 0 Å². The van der Waals surface area contributed by atoms with E-state index in [9.17, 15) is 5.11 Å². The summed E-state index contributed by atoms with van der Waals surface area (Å²) in [4.78, 5) is 2.41. The lowest BCUT2D eigenvalue weighted by Gasteiger charge is -2.35. The van der Waals surface area contributed by atoms with Crippen molar-refractivity contribution >= 4 is 39.6 Å². The van der Waals surface area contributed by atoms with Crippen LogP contribution in [0.3, 0.4) is 0 Å². The summed E-state index contributed by atoms with van der Waals surface area (Å²) in [5, 5.41) is 24.3. The molecule has 1 fully saturated rings. The molecule has 0 amide bonds. The number of likely N-dealkylation sites (tertiary alicyclic amines) is 1. The highest BCUT2D eigenvalue weighted by molar-refractivity contribution is 7.80. The van der Waals surface area contributed by atoms with Crippen LogP contribution in [0.5, 0.6) is 5.88 Å². The maximum absolute atomic E-state index is 11.2. The molecular formula is C27H35N5OS. The summed E-state index contributed by atoms with van der Waals surface area (Å²) in [6, 6.07) is 14.2. The average Bonchev–Trinajstić information content (AvgIpc) is 3.08. The van der Waals surface area contributed by atoms with Crippen molar-refractivity contribution in [2.75, 3.05) is 18.4 Å². The molecule has 2 atom stereocenters. The minimum Gasteiger partial charge on any atom is -0.493 e. The zero-order chi connectivity index (χ0) is 24.2. The Morgan fingerprint density at radius 1 is 1.03 bits per heavy atom. The molecule has 1 aliphatic heterocycles. The largest absolute Gasteiger partial charge is 0.493 e. The van der Waals surface area contributed by atoms with E-state index in [0.29, 0.717) is 24.2 Å². The molecule has 1 aliphatic rings. The van der Waals surface area contributed by atoms with Gasteiger partial charge in [0.05, 0.1) is 12.2 Å². The number of hydrogen-bond acceptors (Lipinski definition) is 4. The first kappa shape index (κ1) is 24.4. The molecule has 7 heteroatoms. The molecule has 2 N–H and O–H groups in total. The van der Waals surface area contributed by atoms with E-state index in [2.05, 4.69) is 66.3 Å². The van der Waals surface area contributed by atoms with Crippen LogP contribution in [0.2, 0.25) is 0 Å². The van der Waals surface area contributed by atoms with Crippen LogP contribution in [-0.4, -0.2) is 32.8 Å². The molecule has 0 unspecified atom stereocenters. The highest BCUT2D eigenvalue weighted by Crippen LogP contribution is 2.39. The average molecular weight is 478 g/mol. The number of aryl methyl sites for hydroxylation is 2. The number of thiocarbonyl (C=S) groups is 1. The summed E-state index contributed by atoms with van der Waals surface area (Å²) in [5.41, 5.74) is 4.81. The van der Waals surface area contributed by atoms with Gasteiger partial charge in [0.15, 0.2) is 5.69 Å². The molecule has 0 radical (unpaired) electrons. The predicted molar refractivity (Wildman–Crippen MR) is 144 cm³/mol. The number of fused-ring (bicyclic) bond motifs is 1. The molecule has 6 nitrogen and oxygen atoms in total. The zero-order valence-electron chi connectivity index (χ0n) is 20.6. The van der Waals surface area contributed by atoms with Crippen LogP contribution in [0.15, 0.2) is 52.7 Å². The molecule has 180 valence electrons. The highest BCUT2D eigenvalue weighted by Gasteiger charge is 2.24. The van der Waals surface area contributed by atoms with Crippen LogP contribution in [0.25, 0.3) is 10.9 Å². The summed E-state index contributed by atoms with van der Waals surface area (Å²) in [6.07, 6.45) is 3.05. The topological polar surface area (TPSA) is 65.2 Å². The van der Waals surface area contributed by atoms with Crippen molar-refractivity contribution in [2.45, 2.75) is 53.6 Å². The Balaban J connectivity index is 1.60. The number of para-hydroxylation sites is 2. The van der Waals surface area contributed by atoms with Gasteiger partial charge in [-0.05, 0) is 60.5 Å². The molecule has 3 aromatic rings. The third-order valence-electron chi connectivity index (χ3n) is 6.67. The number of rotatable bonds is 6. The number of aromatic hydroxyl groups is 1. The minimum absolute atomic E-state index is 0.127. The number of benzene rings is 2. The van der Waals surface area contributed by atoms with Gasteiger partial charge in [-0.15, -0.1) is 10.2 Å². The van der Waals surface area contributed by atoms with E-state index >= 15 is 0 Å². The van der Waals surface area contributed by atoms with E-state index in [1.54, 1.807) is 0 Å². The Kier molecular flexibility index (Phi) is 7.63. The van der Waals surface area contributed by atoms with Gasteiger partial charge in [0.1, 0.15) is 0 Å². The summed E-state index contributed by atoms with van der Waals surface area (Å²) in [6.45, 7) is 11.5. The van der Waals surface area contributed by atoms with Crippen LogP contribution in [0.4, 0.5) is 11.4 Å². The van der Waals surface area contributed by atoms with Crippen molar-refractivity contribution in [1.82, 2.24) is 9.47 Å². The highest BCUT2D eigenvalue weighted by atomic mass is 32.1. The van der Waals surface area contributed by atoms with E-state index in [1.807, 2.05) is 28.8 Å². The lowest BCUT2D eigenvalue weighted by Crippen LogP contribution is -2.39. The second-order valence-corrected chi connectivity index (χ2v) is 9.92. The van der Waals surface area contributed by atoms with E-state index in [-0.39, 0.29) is 11.0 Å². The van der Waals surface area contributed by atoms with Gasteiger partial charge in [-0.3, -0.25) is 9.47 Å². The molecule has 0 spiro atoms. The Hall–Kier alpha value is -2.77. The second-order valence-electron chi connectivity index (χ2n) is 9.53. The van der Waals surface area contributed by atoms with E-state index in [4.69, 9.17) is 12.2 Å². The summed E-state index contributed by atoms with van der Waals surface area (Å²) < 4.78 is 1.94. The SMILES string of the molecule is CCc1cccc(CC)c1NC(=S)N=Nc1c(O)n(CN2C[C@@H](C)C[C@H](C)C2)c2ccccc12. The normalized spacial score (nSPS) is 19.2. The van der Waals surface area contributed by atoms with E-state index in [0.717, 1.165) is 42.5 Å². The molecule has 4 rings (SSSR count). The van der Waals surface area contributed by atoms with Crippen molar-refractivity contribution in [3.05, 3.63) is 53.6 Å². The third-order valence-corrected chi connectivity index (χ3v) is 6.86. The number of azo groups is 1. The molecular weight excluding hydrogens is 442 g/mol. The van der Waals surface area contributed by atoms with Crippen LogP contribution in [0, 0.1) is 11.8 Å². The van der Waals surface area contributed by atoms with Gasteiger partial charge < -0.3 is 10.4 Å². The molecule has 2 aromatic carbocycles. The quantitative estimate of drug-likeness (QED) is 0.300. The maximum atomic E-state index is 11.2. The van der Waals surface area contributed by atoms with Crippen LogP contribution in [0.1, 0.15) is 45.2 Å². The molecule has 2 heterocycles. The Morgan fingerprint density at radius 3 is 2.32 bits per heavy atom. The lowest BCUT2D eigenvalue weighted by molar-refractivity contribution is 0.108. The Labute approximate surface area is 207 Å². The number of nitrogens with one attached hydrogen (secondary N) is 1. The van der Waals surface area contributed by atoms with Gasteiger partial charge in [-0.25, -0.2) is 0 Å². The predicted octanol–water partition coefficient (Wildman–Crippen LogP) is 6.89. The van der Waals surface area contributed by atoms with E-state index in [1.165, 1.54) is 17.5 Å². The van der Waals surface area contributed by atoms with Crippen LogP contribution < -0.4 is 5.32 Å². The van der Waals surface area contributed by atoms with Gasteiger partial charge >= 0.3 is 0 Å². The first-order valence-electron chi connectivity index (χ1n) is 12.3. The smallest absolute Gasteiger partial charge is 0.221 e. The lowest BCUT2D eigenvalue weighted by atomic mass is 9.92. The van der Waals surface area contributed by atoms with Gasteiger partial charge in [0, 0.05) is 24.2 Å². The van der Waals surface area contributed by atoms with Crippen LogP contribution >= 0.6 is 12.2 Å². The number of anilines is 1. The molecule has 1 saturated heterocycles. The van der Waals surface area contributed by atoms with Crippen molar-refractivity contribution in [3.63, 3.8) is 0 Å². The number of piperidine rings is 1. The zero-order valence-corrected chi connectivity index (χ0v) is 21.4. The molecule has 34 heavy (non-hydrogen) atoms. The molecule has 0 saturated carbocycles. The minimum atomic E-state index is 0.127. The number of aromatic nitrogens is 1. The fourth-order valence-electron chi connectivity index (χ4n) is 5.25. The van der Waals surface area contributed by atoms with Gasteiger partial charge in [-0.1, -0.05) is 64.1 Å². The first-order valence-corrected chi connectivity index (χ1v) is 12.7. The molecule has 0 aliphatic carbocycles. The van der Waals surface area contributed by atoms with Crippen molar-refractivity contribution in [3.8, 4) is 5.88 Å². The number of nitrogens with zero attached hydrogens (tertiary/aromatic N) is 4. The summed E-state index contributed by atoms with van der Waals surface area (Å²) in [5.74, 6) is 1.42. The van der Waals surface area contributed by atoms with Crippen molar-refractivity contribution < 1.29 is 5.11 Å². The first-order chi connectivity index (χ1) is 16.4.